The van der Waals surface area contributed by atoms with Gasteiger partial charge < -0.3 is 29.6 Å². The molecule has 0 saturated heterocycles. The molecule has 0 bridgehead atoms. The summed E-state index contributed by atoms with van der Waals surface area (Å²) in [6, 6.07) is 1.82. The van der Waals surface area contributed by atoms with Crippen molar-refractivity contribution in [2.24, 2.45) is 0 Å². The van der Waals surface area contributed by atoms with Crippen molar-refractivity contribution < 1.29 is 46.2 Å². The third-order valence-corrected chi connectivity index (χ3v) is 6.60. The summed E-state index contributed by atoms with van der Waals surface area (Å²) in [5.74, 6) is -2.85. The van der Waals surface area contributed by atoms with Gasteiger partial charge in [0, 0.05) is 46.0 Å². The van der Waals surface area contributed by atoms with E-state index >= 15 is 0 Å². The second kappa shape index (κ2) is 15.7. The number of hydrogen-bond donors (Lipinski definition) is 2. The molecule has 0 aliphatic heterocycles. The number of anilines is 1. The van der Waals surface area contributed by atoms with E-state index in [1.54, 1.807) is 20.8 Å². The average Bonchev–Trinajstić information content (AvgIpc) is 3.35. The number of nitrogens with zero attached hydrogens (tertiary/aromatic N) is 5. The van der Waals surface area contributed by atoms with Crippen LogP contribution in [-0.4, -0.2) is 87.0 Å². The first kappa shape index (κ1) is 38.2. The van der Waals surface area contributed by atoms with Gasteiger partial charge in [-0.15, -0.1) is 0 Å². The molecule has 49 heavy (non-hydrogen) atoms. The molecule has 1 atom stereocenters. The Kier molecular flexibility index (Phi) is 12.3. The predicted molar refractivity (Wildman–Crippen MR) is 168 cm³/mol. The van der Waals surface area contributed by atoms with E-state index in [1.807, 2.05) is 0 Å². The highest BCUT2D eigenvalue weighted by Gasteiger charge is 2.30. The van der Waals surface area contributed by atoms with Gasteiger partial charge in [-0.3, -0.25) is 14.4 Å². The third kappa shape index (κ3) is 10.9. The number of rotatable bonds is 11. The van der Waals surface area contributed by atoms with Crippen LogP contribution in [0.4, 0.5) is 33.0 Å². The standard InChI is InChI=1S/C31H37F4N7O7/c1-30(2,3)49-29(47)42-22(38-20-16-19(32)15-18(24(20)42)11-12-31(33,34)35)17-41-14-13-37-25(27(41)45)39-26(44)21(48-28(46)40(5)6)9-7-8-10-23(43)36-4/h8,10,13-16,21H,7,9,11-12,17H2,1-6H3,(H,36,43)(H,37,39,44)/b10-8+/t21-/m0/s1. The first-order valence-electron chi connectivity index (χ1n) is 14.9. The minimum absolute atomic E-state index is 0.0624. The van der Waals surface area contributed by atoms with Crippen molar-refractivity contribution in [1.82, 2.24) is 29.3 Å². The largest absolute Gasteiger partial charge is 0.443 e. The maximum Gasteiger partial charge on any atom is 0.420 e. The summed E-state index contributed by atoms with van der Waals surface area (Å²) >= 11 is 0. The average molecular weight is 696 g/mol. The van der Waals surface area contributed by atoms with Crippen LogP contribution in [0.3, 0.4) is 0 Å². The van der Waals surface area contributed by atoms with E-state index < -0.39 is 72.6 Å². The summed E-state index contributed by atoms with van der Waals surface area (Å²) < 4.78 is 66.6. The van der Waals surface area contributed by atoms with Crippen molar-refractivity contribution in [3.05, 3.63) is 64.2 Å². The molecule has 1 aromatic carbocycles. The SMILES string of the molecule is CNC(=O)/C=C/CC[C@H](OC(=O)N(C)C)C(=O)Nc1nccn(Cc2nc3cc(F)cc(CCC(F)(F)F)c3n2C(=O)OC(C)(C)C)c1=O. The Bertz CT molecular complexity index is 1790. The Morgan fingerprint density at radius 2 is 1.82 bits per heavy atom. The van der Waals surface area contributed by atoms with E-state index in [2.05, 4.69) is 20.6 Å². The lowest BCUT2D eigenvalue weighted by Gasteiger charge is -2.21. The quantitative estimate of drug-likeness (QED) is 0.221. The van der Waals surface area contributed by atoms with E-state index in [0.717, 1.165) is 32.4 Å². The van der Waals surface area contributed by atoms with E-state index in [-0.39, 0.29) is 41.2 Å². The molecule has 266 valence electrons. The molecular formula is C31H37F4N7O7. The fourth-order valence-electron chi connectivity index (χ4n) is 4.38. The van der Waals surface area contributed by atoms with Gasteiger partial charge in [-0.2, -0.15) is 13.2 Å². The first-order valence-corrected chi connectivity index (χ1v) is 14.9. The Hall–Kier alpha value is -5.29. The molecule has 0 unspecified atom stereocenters. The summed E-state index contributed by atoms with van der Waals surface area (Å²) in [5, 5.41) is 4.72. The molecule has 3 rings (SSSR count). The van der Waals surface area contributed by atoms with Crippen molar-refractivity contribution in [2.45, 2.75) is 70.9 Å². The first-order chi connectivity index (χ1) is 22.8. The summed E-state index contributed by atoms with van der Waals surface area (Å²) in [6.45, 7) is 4.22. The fraction of sp³-hybridized carbons (Fsp3) is 0.452. The third-order valence-electron chi connectivity index (χ3n) is 6.60. The van der Waals surface area contributed by atoms with Crippen LogP contribution in [0.25, 0.3) is 11.0 Å². The minimum atomic E-state index is -4.57. The Morgan fingerprint density at radius 3 is 2.43 bits per heavy atom. The molecule has 0 radical (unpaired) electrons. The zero-order valence-corrected chi connectivity index (χ0v) is 27.7. The number of nitrogens with one attached hydrogen (secondary N) is 2. The number of benzene rings is 1. The van der Waals surface area contributed by atoms with Gasteiger partial charge >= 0.3 is 18.4 Å². The van der Waals surface area contributed by atoms with Gasteiger partial charge in [-0.05, 0) is 57.7 Å². The maximum absolute atomic E-state index is 14.5. The molecule has 2 heterocycles. The Labute approximate surface area is 278 Å². The van der Waals surface area contributed by atoms with Crippen LogP contribution in [0.2, 0.25) is 0 Å². The van der Waals surface area contributed by atoms with Crippen molar-refractivity contribution in [1.29, 1.82) is 0 Å². The van der Waals surface area contributed by atoms with Crippen LogP contribution >= 0.6 is 0 Å². The Balaban J connectivity index is 2.01. The van der Waals surface area contributed by atoms with Gasteiger partial charge in [-0.1, -0.05) is 6.08 Å². The normalized spacial score (nSPS) is 12.5. The van der Waals surface area contributed by atoms with Gasteiger partial charge in [0.15, 0.2) is 11.9 Å². The van der Waals surface area contributed by atoms with Crippen molar-refractivity contribution >= 4 is 40.9 Å². The molecule has 2 aromatic heterocycles. The van der Waals surface area contributed by atoms with Crippen LogP contribution in [0.5, 0.6) is 0 Å². The van der Waals surface area contributed by atoms with E-state index in [4.69, 9.17) is 9.47 Å². The van der Waals surface area contributed by atoms with Gasteiger partial charge in [0.2, 0.25) is 5.91 Å². The molecule has 3 aromatic rings. The number of halogens is 4. The number of amides is 3. The van der Waals surface area contributed by atoms with E-state index in [1.165, 1.54) is 39.5 Å². The second-order valence-corrected chi connectivity index (χ2v) is 12.0. The topological polar surface area (TPSA) is 167 Å². The van der Waals surface area contributed by atoms with E-state index in [0.29, 0.717) is 0 Å². The number of aryl methyl sites for hydroxylation is 1. The molecule has 0 saturated carbocycles. The zero-order chi connectivity index (χ0) is 36.7. The van der Waals surface area contributed by atoms with Crippen LogP contribution in [0.15, 0.2) is 41.5 Å². The smallest absolute Gasteiger partial charge is 0.420 e. The van der Waals surface area contributed by atoms with Crippen molar-refractivity contribution in [2.75, 3.05) is 26.5 Å². The summed E-state index contributed by atoms with van der Waals surface area (Å²) in [5.41, 5.74) is -2.37. The van der Waals surface area contributed by atoms with Crippen LogP contribution in [0.1, 0.15) is 51.4 Å². The lowest BCUT2D eigenvalue weighted by molar-refractivity contribution is -0.134. The molecule has 0 aliphatic carbocycles. The van der Waals surface area contributed by atoms with Crippen molar-refractivity contribution in [3.8, 4) is 0 Å². The molecule has 18 heteroatoms. The number of ether oxygens (including phenoxy) is 2. The highest BCUT2D eigenvalue weighted by Crippen LogP contribution is 2.29. The fourth-order valence-corrected chi connectivity index (χ4v) is 4.38. The minimum Gasteiger partial charge on any atom is -0.443 e. The van der Waals surface area contributed by atoms with Crippen LogP contribution < -0.4 is 16.2 Å². The number of hydrogen-bond acceptors (Lipinski definition) is 9. The lowest BCUT2D eigenvalue weighted by Crippen LogP contribution is -2.38. The number of imidazole rings is 1. The number of carbonyl (C=O) groups excluding carboxylic acids is 4. The molecule has 14 nitrogen and oxygen atoms in total. The molecule has 2 N–H and O–H groups in total. The monoisotopic (exact) mass is 695 g/mol. The highest BCUT2D eigenvalue weighted by atomic mass is 19.4. The number of allylic oxidation sites excluding steroid dienone is 1. The summed E-state index contributed by atoms with van der Waals surface area (Å²) in [4.78, 5) is 73.0. The van der Waals surface area contributed by atoms with Gasteiger partial charge in [-0.25, -0.2) is 28.5 Å². The summed E-state index contributed by atoms with van der Waals surface area (Å²) in [6.07, 6.45) is -4.69. The van der Waals surface area contributed by atoms with Gasteiger partial charge in [0.25, 0.3) is 11.5 Å². The Morgan fingerprint density at radius 1 is 1.12 bits per heavy atom. The molecule has 0 spiro atoms. The van der Waals surface area contributed by atoms with Crippen molar-refractivity contribution in [3.63, 3.8) is 0 Å². The number of fused-ring (bicyclic) bond motifs is 1. The molecule has 0 fully saturated rings. The number of alkyl halides is 3. The lowest BCUT2D eigenvalue weighted by atomic mass is 10.1. The number of carbonyl (C=O) groups is 4. The van der Waals surface area contributed by atoms with E-state index in [9.17, 15) is 41.5 Å². The molecule has 3 amide bonds. The van der Waals surface area contributed by atoms with Gasteiger partial charge in [0.1, 0.15) is 17.2 Å². The van der Waals surface area contributed by atoms with Crippen LogP contribution in [0, 0.1) is 5.82 Å². The zero-order valence-electron chi connectivity index (χ0n) is 27.7. The summed E-state index contributed by atoms with van der Waals surface area (Å²) in [7, 11) is 4.24. The predicted octanol–water partition coefficient (Wildman–Crippen LogP) is 4.15. The number of aromatic nitrogens is 4. The second-order valence-electron chi connectivity index (χ2n) is 12.0. The molecular weight excluding hydrogens is 658 g/mol. The van der Waals surface area contributed by atoms with Gasteiger partial charge in [0.05, 0.1) is 17.6 Å². The van der Waals surface area contributed by atoms with Crippen LogP contribution in [-0.2, 0) is 32.0 Å². The molecule has 0 aliphatic rings. The highest BCUT2D eigenvalue weighted by molar-refractivity contribution is 5.94. The number of likely N-dealkylation sites (N-methyl/N-ethyl adjacent to an activating group) is 1. The maximum atomic E-state index is 14.5.